The summed E-state index contributed by atoms with van der Waals surface area (Å²) in [6.45, 7) is 0. The molecule has 2 N–H and O–H groups in total. The van der Waals surface area contributed by atoms with Crippen molar-refractivity contribution in [3.8, 4) is 0 Å². The molecule has 7 heteroatoms. The number of nitrogens with one attached hydrogen (secondary N) is 2. The molecule has 0 bridgehead atoms. The number of hydrogen-bond acceptors (Lipinski definition) is 4. The molecule has 0 aliphatic carbocycles. The third kappa shape index (κ3) is 3.49. The predicted octanol–water partition coefficient (Wildman–Crippen LogP) is 1.44. The summed E-state index contributed by atoms with van der Waals surface area (Å²) in [5, 5.41) is 13.4. The van der Waals surface area contributed by atoms with Gasteiger partial charge >= 0.3 is 0 Å². The molecule has 0 fully saturated rings. The number of hydroxylamine groups is 1. The van der Waals surface area contributed by atoms with Gasteiger partial charge in [0.2, 0.25) is 0 Å². The van der Waals surface area contributed by atoms with Gasteiger partial charge in [-0.3, -0.25) is 15.0 Å². The molecule has 1 aromatic carbocycles. The first-order valence-electron chi connectivity index (χ1n) is 3.98. The molecular formula is C8H9N3O3S. The van der Waals surface area contributed by atoms with E-state index in [1.165, 1.54) is 19.2 Å². The summed E-state index contributed by atoms with van der Waals surface area (Å²) >= 11 is 4.84. The molecule has 0 aromatic heterocycles. The highest BCUT2D eigenvalue weighted by Gasteiger charge is 2.04. The highest BCUT2D eigenvalue weighted by atomic mass is 32.1. The van der Waals surface area contributed by atoms with E-state index in [0.29, 0.717) is 5.69 Å². The lowest BCUT2D eigenvalue weighted by Crippen LogP contribution is -2.27. The average Bonchev–Trinajstić information content (AvgIpc) is 2.18. The molecule has 1 aromatic rings. The second kappa shape index (κ2) is 5.23. The summed E-state index contributed by atoms with van der Waals surface area (Å²) in [6, 6.07) is 5.89. The number of nitrogens with zero attached hydrogens (tertiary/aromatic N) is 1. The molecule has 6 nitrogen and oxygen atoms in total. The standard InChI is InChI=1S/C8H9N3O3S/c1-14-10-8(15)9-6-2-4-7(5-3-6)11(12)13/h2-5H,1H3,(H2,9,10,15). The van der Waals surface area contributed by atoms with E-state index in [1.807, 2.05) is 0 Å². The highest BCUT2D eigenvalue weighted by Crippen LogP contribution is 2.14. The van der Waals surface area contributed by atoms with Gasteiger partial charge in [-0.25, -0.2) is 5.48 Å². The Hall–Kier alpha value is -1.73. The maximum atomic E-state index is 10.4. The number of thiocarbonyl (C=S) groups is 1. The van der Waals surface area contributed by atoms with Gasteiger partial charge in [-0.2, -0.15) is 0 Å². The van der Waals surface area contributed by atoms with Crippen LogP contribution < -0.4 is 10.8 Å². The maximum absolute atomic E-state index is 10.4. The molecule has 0 saturated heterocycles. The summed E-state index contributed by atoms with van der Waals surface area (Å²) in [5.74, 6) is 0. The monoisotopic (exact) mass is 227 g/mol. The second-order valence-electron chi connectivity index (χ2n) is 2.56. The molecule has 0 aliphatic heterocycles. The molecule has 0 spiro atoms. The van der Waals surface area contributed by atoms with Crippen molar-refractivity contribution in [3.05, 3.63) is 34.4 Å². The van der Waals surface area contributed by atoms with E-state index >= 15 is 0 Å². The van der Waals surface area contributed by atoms with E-state index in [9.17, 15) is 10.1 Å². The van der Waals surface area contributed by atoms with Gasteiger partial charge in [0.1, 0.15) is 0 Å². The smallest absolute Gasteiger partial charge is 0.269 e. The van der Waals surface area contributed by atoms with Gasteiger partial charge in [0.25, 0.3) is 5.69 Å². The quantitative estimate of drug-likeness (QED) is 0.462. The zero-order chi connectivity index (χ0) is 11.3. The first kappa shape index (κ1) is 11.3. The van der Waals surface area contributed by atoms with Crippen LogP contribution in [-0.2, 0) is 4.84 Å². The molecule has 80 valence electrons. The number of nitro benzene ring substituents is 1. The van der Waals surface area contributed by atoms with Crippen LogP contribution in [0.25, 0.3) is 0 Å². The summed E-state index contributed by atoms with van der Waals surface area (Å²) < 4.78 is 0. The van der Waals surface area contributed by atoms with Crippen LogP contribution in [0.15, 0.2) is 24.3 Å². The molecule has 0 radical (unpaired) electrons. The minimum Gasteiger partial charge on any atom is -0.331 e. The second-order valence-corrected chi connectivity index (χ2v) is 2.97. The largest absolute Gasteiger partial charge is 0.331 e. The minimum atomic E-state index is -0.463. The van der Waals surface area contributed by atoms with Crippen molar-refractivity contribution in [2.24, 2.45) is 0 Å². The molecule has 0 saturated carbocycles. The number of non-ortho nitro benzene ring substituents is 1. The molecule has 0 atom stereocenters. The lowest BCUT2D eigenvalue weighted by Gasteiger charge is -2.07. The van der Waals surface area contributed by atoms with E-state index in [-0.39, 0.29) is 10.8 Å². The highest BCUT2D eigenvalue weighted by molar-refractivity contribution is 7.80. The van der Waals surface area contributed by atoms with Crippen LogP contribution in [0.3, 0.4) is 0 Å². The topological polar surface area (TPSA) is 76.4 Å². The van der Waals surface area contributed by atoms with E-state index < -0.39 is 4.92 Å². The molecular weight excluding hydrogens is 218 g/mol. The van der Waals surface area contributed by atoms with Crippen LogP contribution >= 0.6 is 12.2 Å². The van der Waals surface area contributed by atoms with Gasteiger partial charge in [-0.1, -0.05) is 0 Å². The zero-order valence-corrected chi connectivity index (χ0v) is 8.71. The molecule has 0 aliphatic rings. The fourth-order valence-corrected chi connectivity index (χ4v) is 1.12. The zero-order valence-electron chi connectivity index (χ0n) is 7.89. The van der Waals surface area contributed by atoms with Crippen molar-refractivity contribution in [2.75, 3.05) is 12.4 Å². The van der Waals surface area contributed by atoms with Gasteiger partial charge in [0, 0.05) is 17.8 Å². The molecule has 1 rings (SSSR count). The van der Waals surface area contributed by atoms with Crippen LogP contribution in [0.2, 0.25) is 0 Å². The number of rotatable bonds is 3. The number of benzene rings is 1. The number of hydrogen-bond donors (Lipinski definition) is 2. The summed E-state index contributed by atoms with van der Waals surface area (Å²) in [4.78, 5) is 14.5. The Labute approximate surface area is 91.3 Å². The Bertz CT molecular complexity index is 366. The molecule has 0 unspecified atom stereocenters. The number of anilines is 1. The van der Waals surface area contributed by atoms with Gasteiger partial charge in [0.05, 0.1) is 12.0 Å². The predicted molar refractivity (Wildman–Crippen MR) is 59.5 cm³/mol. The van der Waals surface area contributed by atoms with Crippen molar-refractivity contribution in [1.82, 2.24) is 5.48 Å². The van der Waals surface area contributed by atoms with Crippen LogP contribution in [-0.4, -0.2) is 17.1 Å². The summed E-state index contributed by atoms with van der Waals surface area (Å²) in [5.41, 5.74) is 3.10. The van der Waals surface area contributed by atoms with Gasteiger partial charge in [-0.15, -0.1) is 0 Å². The summed E-state index contributed by atoms with van der Waals surface area (Å²) in [7, 11) is 1.43. The Kier molecular flexibility index (Phi) is 3.95. The summed E-state index contributed by atoms with van der Waals surface area (Å²) in [6.07, 6.45) is 0. The fraction of sp³-hybridized carbons (Fsp3) is 0.125. The third-order valence-electron chi connectivity index (χ3n) is 1.53. The van der Waals surface area contributed by atoms with Crippen LogP contribution in [0.4, 0.5) is 11.4 Å². The van der Waals surface area contributed by atoms with Crippen molar-refractivity contribution < 1.29 is 9.76 Å². The van der Waals surface area contributed by atoms with Gasteiger partial charge < -0.3 is 5.32 Å². The first-order valence-corrected chi connectivity index (χ1v) is 4.38. The Morgan fingerprint density at radius 1 is 1.47 bits per heavy atom. The normalized spacial score (nSPS) is 9.40. The van der Waals surface area contributed by atoms with Crippen molar-refractivity contribution in [1.29, 1.82) is 0 Å². The van der Waals surface area contributed by atoms with E-state index in [1.54, 1.807) is 12.1 Å². The molecule has 0 amide bonds. The Balaban J connectivity index is 2.64. The van der Waals surface area contributed by atoms with Crippen molar-refractivity contribution in [2.45, 2.75) is 0 Å². The SMILES string of the molecule is CONC(=S)Nc1ccc([N+](=O)[O-])cc1. The van der Waals surface area contributed by atoms with Crippen LogP contribution in [0.1, 0.15) is 0 Å². The maximum Gasteiger partial charge on any atom is 0.269 e. The van der Waals surface area contributed by atoms with E-state index in [0.717, 1.165) is 0 Å². The van der Waals surface area contributed by atoms with Gasteiger partial charge in [-0.05, 0) is 24.4 Å². The number of nitro groups is 1. The van der Waals surface area contributed by atoms with Gasteiger partial charge in [0.15, 0.2) is 5.11 Å². The van der Waals surface area contributed by atoms with Crippen LogP contribution in [0.5, 0.6) is 0 Å². The lowest BCUT2D eigenvalue weighted by atomic mass is 10.3. The van der Waals surface area contributed by atoms with E-state index in [2.05, 4.69) is 15.6 Å². The van der Waals surface area contributed by atoms with E-state index in [4.69, 9.17) is 12.2 Å². The third-order valence-corrected chi connectivity index (χ3v) is 1.72. The first-order chi connectivity index (χ1) is 7.13. The lowest BCUT2D eigenvalue weighted by molar-refractivity contribution is -0.384. The Morgan fingerprint density at radius 2 is 2.07 bits per heavy atom. The van der Waals surface area contributed by atoms with Crippen molar-refractivity contribution in [3.63, 3.8) is 0 Å². The van der Waals surface area contributed by atoms with Crippen LogP contribution in [0, 0.1) is 10.1 Å². The Morgan fingerprint density at radius 3 is 2.53 bits per heavy atom. The molecule has 15 heavy (non-hydrogen) atoms. The van der Waals surface area contributed by atoms with Crippen molar-refractivity contribution >= 4 is 28.7 Å². The minimum absolute atomic E-state index is 0.0335. The fourth-order valence-electron chi connectivity index (χ4n) is 0.916. The average molecular weight is 227 g/mol. The molecule has 0 heterocycles.